The first-order valence-corrected chi connectivity index (χ1v) is 51.8. The first-order valence-electron chi connectivity index (χ1n) is 44.3. The number of hydrogen-bond donors (Lipinski definition) is 6. The summed E-state index contributed by atoms with van der Waals surface area (Å²) >= 11 is -9.81. The van der Waals surface area contributed by atoms with Crippen LogP contribution in [0.1, 0.15) is 91.3 Å². The van der Waals surface area contributed by atoms with Crippen molar-refractivity contribution in [2.75, 3.05) is 129 Å². The van der Waals surface area contributed by atoms with E-state index in [-0.39, 0.29) is 11.9 Å². The Morgan fingerprint density at radius 3 is 0.851 bits per heavy atom. The van der Waals surface area contributed by atoms with Gasteiger partial charge in [-0.25, -0.2) is 34.4 Å². The van der Waals surface area contributed by atoms with E-state index >= 15 is 0 Å². The highest BCUT2D eigenvalue weighted by atomic mass is 32.2. The van der Waals surface area contributed by atoms with Gasteiger partial charge >= 0.3 is 0 Å². The number of likely N-dealkylation sites (tertiary alicyclic amines) is 1. The van der Waals surface area contributed by atoms with Crippen LogP contribution in [0.5, 0.6) is 0 Å². The number of imidazole rings is 1. The number of carbonyl (C=O) groups is 1. The number of primary amides is 1. The summed E-state index contributed by atoms with van der Waals surface area (Å²) in [6.07, 6.45) is 28.0. The maximum absolute atomic E-state index is 11.1. The van der Waals surface area contributed by atoms with E-state index < -0.39 is 77.6 Å². The van der Waals surface area contributed by atoms with E-state index in [0.29, 0.717) is 36.6 Å². The van der Waals surface area contributed by atoms with Crippen LogP contribution in [0, 0.1) is 80.6 Å². The second-order valence-corrected chi connectivity index (χ2v) is 39.6. The van der Waals surface area contributed by atoms with Crippen molar-refractivity contribution in [1.82, 2.24) is 63.5 Å². The summed E-state index contributed by atoms with van der Waals surface area (Å²) in [5, 5.41) is 7.16. The molecule has 3 saturated heterocycles. The number of piperidine rings is 1. The number of guanidine groups is 1. The van der Waals surface area contributed by atoms with Crippen molar-refractivity contribution in [2.24, 2.45) is 49.0 Å². The lowest BCUT2D eigenvalue weighted by molar-refractivity contribution is 0.0999. The van der Waals surface area contributed by atoms with Gasteiger partial charge in [0.2, 0.25) is 28.1 Å². The van der Waals surface area contributed by atoms with Crippen LogP contribution < -0.4 is 29.0 Å². The summed E-state index contributed by atoms with van der Waals surface area (Å²) in [6.45, 7) is 33.8. The lowest BCUT2D eigenvalue weighted by Gasteiger charge is -2.30. The average molecular weight is 2080 g/mol. The Bertz CT molecular complexity index is 4950. The summed E-state index contributed by atoms with van der Waals surface area (Å²) in [5.41, 5.74) is 27.7. The Morgan fingerprint density at radius 1 is 0.340 bits per heavy atom. The first-order chi connectivity index (χ1) is 67.3. The Kier molecular flexibility index (Phi) is 70.4. The van der Waals surface area contributed by atoms with Crippen LogP contribution in [0.2, 0.25) is 0 Å². The van der Waals surface area contributed by atoms with Gasteiger partial charge in [-0.2, -0.15) is 20.4 Å². The standard InChI is InChI=1S/C8H9NO.C8H11N.2C8H10O2S.C7H15N3.4C7H9NO2S.C6H8N2O2S.2C6H14N2.C6H7N.C5H7N.C4H6N2/c1-6-4-2-3-5-7(6)8(9)10;1-7-4-2-3-5-8(7)6-9;2*1-7-5-3-4-6-8(7)11(9)10-2;1-6-2-4-10(5-3-6)7(8)9;3*1-6-3-4-8-5-7(6)11(9)10-2;1-6-4-2-3-5-7(6)11(9)10-8;1-5-2-3-8-4-6(5)11(9)10-7;2*1-7-3-5-8(2)6-4-7;1-6-2-4-7-5-3-6;1-6-4-2-3-5-6;1-6-3-2-5-4-6/h2-5H,1H3,(H2,9,10);2-5H,6,9H2,1H3;2*3-6H,1-2H3;6H,2-5H2,1H3,(H3,8,9);3*3-5H,1-2H3;2-5H,8H2,1H3;2-4H,7H2,1H3;2*3-6H2,1-2H3;2-5H,1H3;2-5H,1H3;2-4H,1H3. The molecule has 0 aliphatic carbocycles. The minimum absolute atomic E-state index is 0.229. The molecule has 3 fully saturated rings. The van der Waals surface area contributed by atoms with Gasteiger partial charge in [-0.15, -0.1) is 0 Å². The SMILES string of the molecule is CC1CCN(C(=N)N)CC1.CN1CCN(C)CC1.CN1CCN(C)CC1.COS(=O)c1ccccc1C.COS(=O)c1ccccc1C.COS(=O)c1cnccc1C.COS(=O)c1cnccc1C.COS(=O)c1cnccc1C.Cc1ccccc1C(N)=O.Cc1ccccc1CN.Cc1ccccc1S(=O)ON.Cc1ccncc1.Cc1ccncc1S(=O)ON.Cn1cccc1.Cn1ccnc1. The second kappa shape index (κ2) is 77.2. The van der Waals surface area contributed by atoms with Crippen LogP contribution >= 0.6 is 0 Å². The predicted molar refractivity (Wildman–Crippen MR) is 568 cm³/mol. The van der Waals surface area contributed by atoms with Crippen molar-refractivity contribution in [3.8, 4) is 0 Å². The molecule has 41 heteroatoms. The number of piperazine rings is 2. The summed E-state index contributed by atoms with van der Waals surface area (Å²) in [4.78, 5) is 49.5. The number of nitrogens with zero attached hydrogens (tertiary/aromatic N) is 13. The van der Waals surface area contributed by atoms with Gasteiger partial charge in [-0.05, 0) is 250 Å². The molecule has 3 aliphatic heterocycles. The maximum atomic E-state index is 11.1. The molecule has 7 aromatic heterocycles. The molecule has 0 radical (unpaired) electrons. The Balaban J connectivity index is 0.000000758. The summed E-state index contributed by atoms with van der Waals surface area (Å²) in [6, 6.07) is 52.7. The lowest BCUT2D eigenvalue weighted by atomic mass is 10.00. The van der Waals surface area contributed by atoms with Gasteiger partial charge in [-0.3, -0.25) is 56.0 Å². The van der Waals surface area contributed by atoms with E-state index in [9.17, 15) is 34.3 Å². The van der Waals surface area contributed by atoms with E-state index in [0.717, 1.165) is 73.3 Å². The van der Waals surface area contributed by atoms with Crippen molar-refractivity contribution in [2.45, 2.75) is 130 Å². The minimum atomic E-state index is -1.59. The van der Waals surface area contributed by atoms with Crippen LogP contribution in [0.4, 0.5) is 0 Å². The van der Waals surface area contributed by atoms with Crippen molar-refractivity contribution in [3.05, 3.63) is 330 Å². The third-order valence-electron chi connectivity index (χ3n) is 20.1. The van der Waals surface area contributed by atoms with Gasteiger partial charge in [0.25, 0.3) is 0 Å². The average Bonchev–Trinajstić information content (AvgIpc) is 1.80. The number of carbonyl (C=O) groups excluding carboxylic acids is 1. The van der Waals surface area contributed by atoms with Crippen LogP contribution in [0.15, 0.2) is 297 Å². The van der Waals surface area contributed by atoms with Gasteiger partial charge in [0.05, 0.1) is 76.1 Å². The van der Waals surface area contributed by atoms with Crippen molar-refractivity contribution < 1.29 is 63.7 Å². The highest BCUT2D eigenvalue weighted by Crippen LogP contribution is 2.19. The highest BCUT2D eigenvalue weighted by Gasteiger charge is 2.17. The smallest absolute Gasteiger partial charge is 0.248 e. The first kappa shape index (κ1) is 129. The third kappa shape index (κ3) is 56.9. The minimum Gasteiger partial charge on any atom is -0.370 e. The number of benzene rings is 5. The molecule has 3 aliphatic rings. The largest absolute Gasteiger partial charge is 0.370 e. The molecule has 10 heterocycles. The molecule has 12 aromatic rings. The molecule has 7 atom stereocenters. The fourth-order valence-corrected chi connectivity index (χ4v) is 15.8. The molecular weight excluding hydrogens is 1930 g/mol. The van der Waals surface area contributed by atoms with Gasteiger partial charge in [-0.1, -0.05) is 104 Å². The second-order valence-electron chi connectivity index (χ2n) is 31.2. The molecular formula is C100H147N19O15S7. The fourth-order valence-electron chi connectivity index (χ4n) is 11.2. The lowest BCUT2D eigenvalue weighted by Crippen LogP contribution is -2.42. The maximum Gasteiger partial charge on any atom is 0.248 e. The van der Waals surface area contributed by atoms with Crippen LogP contribution in [-0.4, -0.2) is 234 Å². The van der Waals surface area contributed by atoms with Crippen molar-refractivity contribution in [3.63, 3.8) is 0 Å². The zero-order valence-electron chi connectivity index (χ0n) is 85.3. The number of nitrogens with one attached hydrogen (secondary N) is 1. The molecule has 34 nitrogen and oxygen atoms in total. The zero-order chi connectivity index (χ0) is 106. The number of aromatic nitrogens is 8. The molecule has 15 rings (SSSR count). The number of amides is 1. The molecule has 0 spiro atoms. The predicted octanol–water partition coefficient (Wildman–Crippen LogP) is 13.4. The topological polar surface area (TPSA) is 459 Å². The molecule has 774 valence electrons. The number of pyridine rings is 5. The van der Waals surface area contributed by atoms with Crippen molar-refractivity contribution >= 4 is 89.4 Å². The molecule has 0 bridgehead atoms. The number of hydrogen-bond acceptors (Lipinski definition) is 29. The summed E-state index contributed by atoms with van der Waals surface area (Å²) < 4.78 is 113. The van der Waals surface area contributed by atoms with E-state index in [1.54, 1.807) is 129 Å². The van der Waals surface area contributed by atoms with E-state index in [4.69, 9.17) is 34.4 Å². The number of rotatable bonds is 16. The van der Waals surface area contributed by atoms with Gasteiger partial charge < -0.3 is 50.8 Å². The van der Waals surface area contributed by atoms with Crippen molar-refractivity contribution in [1.29, 1.82) is 5.41 Å². The normalized spacial score (nSPS) is 14.0. The molecule has 1 amide bonds. The highest BCUT2D eigenvalue weighted by molar-refractivity contribution is 7.81. The Hall–Kier alpha value is -10.4. The van der Waals surface area contributed by atoms with E-state index in [1.807, 2.05) is 206 Å². The Morgan fingerprint density at radius 2 is 0.624 bits per heavy atom. The molecule has 5 aromatic carbocycles. The zero-order valence-corrected chi connectivity index (χ0v) is 91.0. The molecule has 0 saturated carbocycles. The van der Waals surface area contributed by atoms with Gasteiger partial charge in [0, 0.05) is 178 Å². The van der Waals surface area contributed by atoms with Crippen LogP contribution in [-0.2, 0) is 128 Å². The number of aryl methyl sites for hydroxylation is 12. The summed E-state index contributed by atoms with van der Waals surface area (Å²) in [7, 11) is 19.7. The van der Waals surface area contributed by atoms with Gasteiger partial charge in [0.15, 0.2) is 61.4 Å². The van der Waals surface area contributed by atoms with Crippen LogP contribution in [0.3, 0.4) is 0 Å². The monoisotopic (exact) mass is 2080 g/mol. The number of likely N-dealkylation sites (N-methyl/N-ethyl adjacent to an activating group) is 4. The number of nitrogens with two attached hydrogens (primary N) is 5. The Labute approximate surface area is 853 Å². The van der Waals surface area contributed by atoms with E-state index in [1.165, 1.54) is 124 Å². The molecule has 11 N–H and O–H groups in total. The van der Waals surface area contributed by atoms with E-state index in [2.05, 4.69) is 133 Å². The third-order valence-corrected chi connectivity index (χ3v) is 27.6. The van der Waals surface area contributed by atoms with Crippen LogP contribution in [0.25, 0.3) is 0 Å². The fraction of sp³-hybridized carbons (Fsp3) is 0.360. The summed E-state index contributed by atoms with van der Waals surface area (Å²) in [5.74, 6) is 10.2. The molecule has 7 unspecified atom stereocenters. The molecule has 141 heavy (non-hydrogen) atoms. The quantitative estimate of drug-likeness (QED) is 0.0297. The van der Waals surface area contributed by atoms with Gasteiger partial charge in [0.1, 0.15) is 0 Å².